The maximum atomic E-state index is 3.85. The smallest absolute Gasteiger partial charge is 0.150 e. The molecular weight excluding hydrogens is 138 g/mol. The van der Waals surface area contributed by atoms with Crippen LogP contribution in [0.1, 0.15) is 13.8 Å². The molecule has 0 aliphatic rings. The van der Waals surface area contributed by atoms with E-state index >= 15 is 0 Å². The molecule has 0 saturated heterocycles. The van der Waals surface area contributed by atoms with Crippen molar-refractivity contribution in [3.63, 3.8) is 0 Å². The molecule has 11 heavy (non-hydrogen) atoms. The molecule has 0 atom stereocenters. The lowest BCUT2D eigenvalue weighted by atomic mass is 10.5. The van der Waals surface area contributed by atoms with Crippen molar-refractivity contribution in [1.82, 2.24) is 10.2 Å². The van der Waals surface area contributed by atoms with E-state index in [1.165, 1.54) is 0 Å². The Bertz CT molecular complexity index is 172. The molecule has 1 aromatic heterocycles. The fourth-order valence-electron chi connectivity index (χ4n) is 0.532. The predicted octanol–water partition coefficient (Wildman–Crippen LogP) is 1.57. The minimum atomic E-state index is 0.887. The van der Waals surface area contributed by atoms with Gasteiger partial charge >= 0.3 is 0 Å². The molecule has 3 nitrogen and oxygen atoms in total. The zero-order valence-electron chi connectivity index (χ0n) is 7.57. The second-order valence-electron chi connectivity index (χ2n) is 1.98. The van der Waals surface area contributed by atoms with Crippen molar-refractivity contribution >= 4 is 5.82 Å². The monoisotopic (exact) mass is 153 g/mol. The third-order valence-corrected chi connectivity index (χ3v) is 1.02. The summed E-state index contributed by atoms with van der Waals surface area (Å²) >= 11 is 0. The van der Waals surface area contributed by atoms with Gasteiger partial charge in [0.1, 0.15) is 0 Å². The summed E-state index contributed by atoms with van der Waals surface area (Å²) in [7, 11) is 3.87. The number of aromatic nitrogens is 2. The van der Waals surface area contributed by atoms with Crippen LogP contribution in [0.4, 0.5) is 5.82 Å². The fourth-order valence-corrected chi connectivity index (χ4v) is 0.532. The Morgan fingerprint density at radius 3 is 2.18 bits per heavy atom. The molecule has 0 aromatic carbocycles. The molecule has 3 heteroatoms. The van der Waals surface area contributed by atoms with Crippen LogP contribution in [0.5, 0.6) is 0 Å². The number of anilines is 1. The highest BCUT2D eigenvalue weighted by atomic mass is 15.2. The predicted molar refractivity (Wildman–Crippen MR) is 47.7 cm³/mol. The standard InChI is InChI=1S/C6H9N3.C2H6/c1-9(2)6-4-3-5-7-8-6;1-2/h3-5H,1-2H3;1-2H3. The molecule has 0 saturated carbocycles. The van der Waals surface area contributed by atoms with E-state index in [1.807, 2.05) is 45.0 Å². The maximum absolute atomic E-state index is 3.85. The quantitative estimate of drug-likeness (QED) is 0.613. The number of hydrogen-bond acceptors (Lipinski definition) is 3. The molecule has 0 aliphatic carbocycles. The molecule has 0 spiro atoms. The number of hydrogen-bond donors (Lipinski definition) is 0. The normalized spacial score (nSPS) is 8.00. The van der Waals surface area contributed by atoms with Gasteiger partial charge in [0, 0.05) is 20.3 Å². The summed E-state index contributed by atoms with van der Waals surface area (Å²) in [5.41, 5.74) is 0. The van der Waals surface area contributed by atoms with E-state index in [1.54, 1.807) is 6.20 Å². The van der Waals surface area contributed by atoms with Crippen LogP contribution >= 0.6 is 0 Å². The fraction of sp³-hybridized carbons (Fsp3) is 0.500. The summed E-state index contributed by atoms with van der Waals surface area (Å²) in [6.07, 6.45) is 1.66. The molecule has 0 N–H and O–H groups in total. The lowest BCUT2D eigenvalue weighted by molar-refractivity contribution is 0.964. The number of rotatable bonds is 1. The Morgan fingerprint density at radius 2 is 1.91 bits per heavy atom. The van der Waals surface area contributed by atoms with Gasteiger partial charge in [0.2, 0.25) is 0 Å². The summed E-state index contributed by atoms with van der Waals surface area (Å²) in [5, 5.41) is 7.57. The van der Waals surface area contributed by atoms with Gasteiger partial charge in [-0.2, -0.15) is 5.10 Å². The second kappa shape index (κ2) is 5.65. The molecule has 62 valence electrons. The van der Waals surface area contributed by atoms with Crippen molar-refractivity contribution in [2.24, 2.45) is 0 Å². The van der Waals surface area contributed by atoms with Gasteiger partial charge in [-0.05, 0) is 12.1 Å². The van der Waals surface area contributed by atoms with Crippen molar-refractivity contribution in [1.29, 1.82) is 0 Å². The molecule has 1 aromatic rings. The summed E-state index contributed by atoms with van der Waals surface area (Å²) in [6.45, 7) is 4.00. The molecule has 0 bridgehead atoms. The lowest BCUT2D eigenvalue weighted by Crippen LogP contribution is -2.10. The molecule has 0 amide bonds. The second-order valence-corrected chi connectivity index (χ2v) is 1.98. The first-order valence-corrected chi connectivity index (χ1v) is 3.76. The highest BCUT2D eigenvalue weighted by molar-refractivity contribution is 5.33. The first kappa shape index (κ1) is 9.88. The Morgan fingerprint density at radius 1 is 1.27 bits per heavy atom. The Balaban J connectivity index is 0.000000461. The van der Waals surface area contributed by atoms with Crippen molar-refractivity contribution in [2.75, 3.05) is 19.0 Å². The van der Waals surface area contributed by atoms with Crippen molar-refractivity contribution in [3.8, 4) is 0 Å². The van der Waals surface area contributed by atoms with E-state index < -0.39 is 0 Å². The van der Waals surface area contributed by atoms with Gasteiger partial charge in [-0.1, -0.05) is 13.8 Å². The zero-order chi connectivity index (χ0) is 8.69. The lowest BCUT2D eigenvalue weighted by Gasteiger charge is -2.07. The van der Waals surface area contributed by atoms with Crippen LogP contribution in [-0.4, -0.2) is 24.3 Å². The van der Waals surface area contributed by atoms with Gasteiger partial charge in [0.15, 0.2) is 5.82 Å². The first-order valence-electron chi connectivity index (χ1n) is 3.76. The van der Waals surface area contributed by atoms with Crippen molar-refractivity contribution in [3.05, 3.63) is 18.3 Å². The van der Waals surface area contributed by atoms with Crippen LogP contribution in [0.2, 0.25) is 0 Å². The van der Waals surface area contributed by atoms with E-state index in [-0.39, 0.29) is 0 Å². The summed E-state index contributed by atoms with van der Waals surface area (Å²) in [6, 6.07) is 3.77. The highest BCUT2D eigenvalue weighted by Gasteiger charge is 1.90. The van der Waals surface area contributed by atoms with E-state index in [9.17, 15) is 0 Å². The topological polar surface area (TPSA) is 29.0 Å². The third-order valence-electron chi connectivity index (χ3n) is 1.02. The molecular formula is C8H15N3. The molecule has 0 radical (unpaired) electrons. The van der Waals surface area contributed by atoms with Gasteiger partial charge in [-0.25, -0.2) is 0 Å². The number of nitrogens with zero attached hydrogens (tertiary/aromatic N) is 3. The highest BCUT2D eigenvalue weighted by Crippen LogP contribution is 2.00. The Labute approximate surface area is 68.1 Å². The van der Waals surface area contributed by atoms with Crippen LogP contribution < -0.4 is 4.90 Å². The molecule has 1 heterocycles. The molecule has 0 unspecified atom stereocenters. The maximum Gasteiger partial charge on any atom is 0.150 e. The van der Waals surface area contributed by atoms with Gasteiger partial charge in [-0.15, -0.1) is 5.10 Å². The van der Waals surface area contributed by atoms with E-state index in [0.717, 1.165) is 5.82 Å². The minimum absolute atomic E-state index is 0.887. The van der Waals surface area contributed by atoms with Gasteiger partial charge in [-0.3, -0.25) is 0 Å². The molecule has 1 rings (SSSR count). The molecule has 0 fully saturated rings. The van der Waals surface area contributed by atoms with Gasteiger partial charge in [0.25, 0.3) is 0 Å². The average Bonchev–Trinajstić information content (AvgIpc) is 2.10. The summed E-state index contributed by atoms with van der Waals surface area (Å²) < 4.78 is 0. The van der Waals surface area contributed by atoms with Crippen molar-refractivity contribution < 1.29 is 0 Å². The summed E-state index contributed by atoms with van der Waals surface area (Å²) in [4.78, 5) is 1.91. The van der Waals surface area contributed by atoms with Gasteiger partial charge in [0.05, 0.1) is 0 Å². The van der Waals surface area contributed by atoms with Crippen LogP contribution in [0, 0.1) is 0 Å². The van der Waals surface area contributed by atoms with E-state index in [4.69, 9.17) is 0 Å². The van der Waals surface area contributed by atoms with Gasteiger partial charge < -0.3 is 4.90 Å². The first-order chi connectivity index (χ1) is 5.30. The van der Waals surface area contributed by atoms with Crippen LogP contribution in [0.25, 0.3) is 0 Å². The minimum Gasteiger partial charge on any atom is -0.361 e. The van der Waals surface area contributed by atoms with E-state index in [2.05, 4.69) is 10.2 Å². The van der Waals surface area contributed by atoms with Crippen LogP contribution in [0.3, 0.4) is 0 Å². The Kier molecular flexibility index (Phi) is 5.07. The third kappa shape index (κ3) is 3.55. The van der Waals surface area contributed by atoms with Crippen LogP contribution in [-0.2, 0) is 0 Å². The molecule has 0 aliphatic heterocycles. The SMILES string of the molecule is CC.CN(C)c1cccnn1. The zero-order valence-corrected chi connectivity index (χ0v) is 7.57. The largest absolute Gasteiger partial charge is 0.361 e. The average molecular weight is 153 g/mol. The van der Waals surface area contributed by atoms with E-state index in [0.29, 0.717) is 0 Å². The Hall–Kier alpha value is -1.12. The van der Waals surface area contributed by atoms with Crippen LogP contribution in [0.15, 0.2) is 18.3 Å². The van der Waals surface area contributed by atoms with Crippen molar-refractivity contribution in [2.45, 2.75) is 13.8 Å². The summed E-state index contributed by atoms with van der Waals surface area (Å²) in [5.74, 6) is 0.887.